The number of hydrogen-bond donors (Lipinski definition) is 1. The molecule has 2 atom stereocenters. The van der Waals surface area contributed by atoms with Gasteiger partial charge in [-0.25, -0.2) is 0 Å². The smallest absolute Gasteiger partial charge is 0.115 e. The molecule has 2 bridgehead atoms. The van der Waals surface area contributed by atoms with Crippen LogP contribution in [0.5, 0.6) is 5.75 Å². The fourth-order valence-corrected chi connectivity index (χ4v) is 3.26. The van der Waals surface area contributed by atoms with Crippen LogP contribution in [0.3, 0.4) is 0 Å². The van der Waals surface area contributed by atoms with Gasteiger partial charge in [0.05, 0.1) is 0 Å². The fraction of sp³-hybridized carbons (Fsp3) is 0.467. The molecule has 1 heteroatoms. The van der Waals surface area contributed by atoms with Gasteiger partial charge in [0.1, 0.15) is 5.75 Å². The van der Waals surface area contributed by atoms with E-state index in [-0.39, 0.29) is 0 Å². The van der Waals surface area contributed by atoms with E-state index in [4.69, 9.17) is 0 Å². The Kier molecular flexibility index (Phi) is 2.47. The summed E-state index contributed by atoms with van der Waals surface area (Å²) in [5, 5.41) is 9.31. The Morgan fingerprint density at radius 1 is 1.06 bits per heavy atom. The number of rotatable bonds is 1. The van der Waals surface area contributed by atoms with E-state index in [2.05, 4.69) is 18.2 Å². The van der Waals surface area contributed by atoms with Crippen molar-refractivity contribution in [1.82, 2.24) is 0 Å². The first kappa shape index (κ1) is 9.95. The minimum Gasteiger partial charge on any atom is -0.508 e. The largest absolute Gasteiger partial charge is 0.508 e. The van der Waals surface area contributed by atoms with E-state index in [1.54, 1.807) is 12.1 Å². The molecule has 0 aromatic heterocycles. The third-order valence-corrected chi connectivity index (χ3v) is 4.09. The summed E-state index contributed by atoms with van der Waals surface area (Å²) >= 11 is 0. The maximum atomic E-state index is 9.31. The SMILES string of the molecule is Oc1ccc(C2=CCC3CCCC2C3)cc1. The van der Waals surface area contributed by atoms with Gasteiger partial charge in [-0.15, -0.1) is 0 Å². The maximum Gasteiger partial charge on any atom is 0.115 e. The van der Waals surface area contributed by atoms with Gasteiger partial charge >= 0.3 is 0 Å². The Hall–Kier alpha value is -1.24. The van der Waals surface area contributed by atoms with Crippen LogP contribution < -0.4 is 0 Å². The fourth-order valence-electron chi connectivity index (χ4n) is 3.26. The van der Waals surface area contributed by atoms with Gasteiger partial charge < -0.3 is 5.11 Å². The van der Waals surface area contributed by atoms with E-state index in [0.717, 1.165) is 11.8 Å². The van der Waals surface area contributed by atoms with Crippen LogP contribution in [0.15, 0.2) is 30.3 Å². The summed E-state index contributed by atoms with van der Waals surface area (Å²) < 4.78 is 0. The van der Waals surface area contributed by atoms with Crippen molar-refractivity contribution in [3.05, 3.63) is 35.9 Å². The molecular weight excluding hydrogens is 196 g/mol. The number of fused-ring (bicyclic) bond motifs is 2. The van der Waals surface area contributed by atoms with Crippen LogP contribution >= 0.6 is 0 Å². The Morgan fingerprint density at radius 2 is 1.88 bits per heavy atom. The molecule has 1 N–H and O–H groups in total. The molecule has 0 spiro atoms. The zero-order valence-electron chi connectivity index (χ0n) is 9.52. The molecule has 0 amide bonds. The summed E-state index contributed by atoms with van der Waals surface area (Å²) in [5.74, 6) is 2.08. The average molecular weight is 214 g/mol. The minimum absolute atomic E-state index is 0.363. The number of phenols is 1. The van der Waals surface area contributed by atoms with E-state index in [1.807, 2.05) is 0 Å². The van der Waals surface area contributed by atoms with Gasteiger partial charge in [0.15, 0.2) is 0 Å². The van der Waals surface area contributed by atoms with Crippen LogP contribution in [0.1, 0.15) is 37.7 Å². The van der Waals surface area contributed by atoms with Gasteiger partial charge in [-0.2, -0.15) is 0 Å². The topological polar surface area (TPSA) is 20.2 Å². The van der Waals surface area contributed by atoms with Crippen molar-refractivity contribution in [2.24, 2.45) is 11.8 Å². The number of phenolic OH excluding ortho intramolecular Hbond substituents is 1. The van der Waals surface area contributed by atoms with Gasteiger partial charge in [0, 0.05) is 0 Å². The summed E-state index contributed by atoms with van der Waals surface area (Å²) in [6, 6.07) is 7.70. The highest BCUT2D eigenvalue weighted by atomic mass is 16.3. The third-order valence-electron chi connectivity index (χ3n) is 4.09. The molecular formula is C15H18O. The molecule has 1 aromatic rings. The predicted octanol–water partition coefficient (Wildman–Crippen LogP) is 3.99. The zero-order valence-corrected chi connectivity index (χ0v) is 9.52. The van der Waals surface area contributed by atoms with Crippen molar-refractivity contribution >= 4 is 5.57 Å². The second-order valence-corrected chi connectivity index (χ2v) is 5.17. The molecule has 1 aromatic carbocycles. The average Bonchev–Trinajstić information content (AvgIpc) is 2.31. The summed E-state index contributed by atoms with van der Waals surface area (Å²) in [6.45, 7) is 0. The molecule has 1 fully saturated rings. The molecule has 1 saturated carbocycles. The Balaban J connectivity index is 1.91. The highest BCUT2D eigenvalue weighted by Crippen LogP contribution is 2.43. The molecule has 0 aliphatic heterocycles. The van der Waals surface area contributed by atoms with Gasteiger partial charge in [-0.3, -0.25) is 0 Å². The summed E-state index contributed by atoms with van der Waals surface area (Å²) in [5.41, 5.74) is 2.83. The summed E-state index contributed by atoms with van der Waals surface area (Å²) in [4.78, 5) is 0. The Morgan fingerprint density at radius 3 is 2.69 bits per heavy atom. The van der Waals surface area contributed by atoms with Crippen molar-refractivity contribution in [3.8, 4) is 5.75 Å². The van der Waals surface area contributed by atoms with Gasteiger partial charge in [-0.1, -0.05) is 31.1 Å². The second kappa shape index (κ2) is 3.97. The van der Waals surface area contributed by atoms with E-state index in [1.165, 1.54) is 43.2 Å². The molecule has 0 heterocycles. The Labute approximate surface area is 96.8 Å². The first-order valence-electron chi connectivity index (χ1n) is 6.32. The van der Waals surface area contributed by atoms with Gasteiger partial charge in [0.2, 0.25) is 0 Å². The normalized spacial score (nSPS) is 28.6. The number of benzene rings is 1. The molecule has 3 rings (SSSR count). The van der Waals surface area contributed by atoms with Crippen LogP contribution in [0.4, 0.5) is 0 Å². The first-order chi connectivity index (χ1) is 7.83. The lowest BCUT2D eigenvalue weighted by Crippen LogP contribution is -2.20. The summed E-state index contributed by atoms with van der Waals surface area (Å²) in [7, 11) is 0. The maximum absolute atomic E-state index is 9.31. The van der Waals surface area contributed by atoms with Crippen LogP contribution in [0.2, 0.25) is 0 Å². The lowest BCUT2D eigenvalue weighted by molar-refractivity contribution is 0.300. The Bertz CT molecular complexity index is 402. The number of aromatic hydroxyl groups is 1. The molecule has 84 valence electrons. The highest BCUT2D eigenvalue weighted by molar-refractivity contribution is 5.68. The van der Waals surface area contributed by atoms with E-state index in [0.29, 0.717) is 5.75 Å². The van der Waals surface area contributed by atoms with Crippen molar-refractivity contribution in [2.45, 2.75) is 32.1 Å². The molecule has 2 aliphatic rings. The number of hydrogen-bond acceptors (Lipinski definition) is 1. The van der Waals surface area contributed by atoms with Crippen molar-refractivity contribution < 1.29 is 5.11 Å². The van der Waals surface area contributed by atoms with E-state index < -0.39 is 0 Å². The minimum atomic E-state index is 0.363. The molecule has 16 heavy (non-hydrogen) atoms. The van der Waals surface area contributed by atoms with Gasteiger partial charge in [0.25, 0.3) is 0 Å². The van der Waals surface area contributed by atoms with Gasteiger partial charge in [-0.05, 0) is 54.4 Å². The zero-order chi connectivity index (χ0) is 11.0. The lowest BCUT2D eigenvalue weighted by atomic mass is 9.70. The third kappa shape index (κ3) is 1.75. The number of allylic oxidation sites excluding steroid dienone is 2. The molecule has 2 unspecified atom stereocenters. The van der Waals surface area contributed by atoms with Crippen molar-refractivity contribution in [2.75, 3.05) is 0 Å². The monoisotopic (exact) mass is 214 g/mol. The predicted molar refractivity (Wildman–Crippen MR) is 66.1 cm³/mol. The molecule has 1 nitrogen and oxygen atoms in total. The molecule has 0 radical (unpaired) electrons. The molecule has 0 saturated heterocycles. The second-order valence-electron chi connectivity index (χ2n) is 5.17. The quantitative estimate of drug-likeness (QED) is 0.749. The van der Waals surface area contributed by atoms with Crippen LogP contribution in [-0.4, -0.2) is 5.11 Å². The van der Waals surface area contributed by atoms with Crippen LogP contribution in [0, 0.1) is 11.8 Å². The first-order valence-corrected chi connectivity index (χ1v) is 6.32. The standard InChI is InChI=1S/C15H18O/c16-14-7-5-12(6-8-14)15-9-4-11-2-1-3-13(15)10-11/h5-9,11,13,16H,1-4,10H2. The van der Waals surface area contributed by atoms with Crippen molar-refractivity contribution in [3.63, 3.8) is 0 Å². The van der Waals surface area contributed by atoms with E-state index in [9.17, 15) is 5.11 Å². The van der Waals surface area contributed by atoms with E-state index >= 15 is 0 Å². The molecule has 2 aliphatic carbocycles. The highest BCUT2D eigenvalue weighted by Gasteiger charge is 2.28. The van der Waals surface area contributed by atoms with Crippen LogP contribution in [-0.2, 0) is 0 Å². The van der Waals surface area contributed by atoms with Crippen molar-refractivity contribution in [1.29, 1.82) is 0 Å². The van der Waals surface area contributed by atoms with Crippen LogP contribution in [0.25, 0.3) is 5.57 Å². The summed E-state index contributed by atoms with van der Waals surface area (Å²) in [6.07, 6.45) is 9.24. The lowest BCUT2D eigenvalue weighted by Gasteiger charge is -2.35.